The number of nitrogens with zero attached hydrogens (tertiary/aromatic N) is 1. The number of rotatable bonds is 12. The third kappa shape index (κ3) is 8.66. The number of thioether (sulfide) groups is 1. The van der Waals surface area contributed by atoms with Gasteiger partial charge in [-0.25, -0.2) is 4.98 Å². The van der Waals surface area contributed by atoms with Gasteiger partial charge >= 0.3 is 0 Å². The molecule has 5 rings (SSSR count). The summed E-state index contributed by atoms with van der Waals surface area (Å²) < 4.78 is 10.9. The molecule has 47 heavy (non-hydrogen) atoms. The topological polar surface area (TPSA) is 119 Å². The Morgan fingerprint density at radius 2 is 1.47 bits per heavy atom. The van der Waals surface area contributed by atoms with E-state index in [9.17, 15) is 14.4 Å². The number of thiazole rings is 1. The summed E-state index contributed by atoms with van der Waals surface area (Å²) in [7, 11) is 3.15. The zero-order valence-electron chi connectivity index (χ0n) is 25.9. The SMILES string of the molecule is COc1ccccc1/C=C(\NC(=O)c1ccccc1)C(=O)Nc1ccc(SC(C)C(=O)Nc2nc(-c3ccccc3OC)cs2)cc1. The molecule has 0 bridgehead atoms. The normalized spacial score (nSPS) is 11.7. The van der Waals surface area contributed by atoms with Crippen molar-refractivity contribution in [2.24, 2.45) is 0 Å². The van der Waals surface area contributed by atoms with Crippen molar-refractivity contribution in [3.05, 3.63) is 125 Å². The van der Waals surface area contributed by atoms with Gasteiger partial charge in [0.15, 0.2) is 5.13 Å². The van der Waals surface area contributed by atoms with Gasteiger partial charge in [0.05, 0.1) is 25.2 Å². The second-order valence-corrected chi connectivity index (χ2v) is 12.4. The molecule has 0 aliphatic rings. The molecule has 5 aromatic rings. The first-order valence-corrected chi connectivity index (χ1v) is 16.3. The van der Waals surface area contributed by atoms with E-state index in [1.54, 1.807) is 61.7 Å². The molecule has 0 radical (unpaired) electrons. The number of carbonyl (C=O) groups excluding carboxylic acids is 3. The monoisotopic (exact) mass is 664 g/mol. The number of amides is 3. The number of para-hydroxylation sites is 2. The first kappa shape index (κ1) is 33.0. The van der Waals surface area contributed by atoms with Gasteiger partial charge in [0.25, 0.3) is 11.8 Å². The lowest BCUT2D eigenvalue weighted by atomic mass is 10.1. The second kappa shape index (κ2) is 15.7. The molecule has 3 amide bonds. The van der Waals surface area contributed by atoms with Gasteiger partial charge in [-0.3, -0.25) is 14.4 Å². The maximum absolute atomic E-state index is 13.4. The predicted octanol–water partition coefficient (Wildman–Crippen LogP) is 7.36. The van der Waals surface area contributed by atoms with Gasteiger partial charge in [-0.2, -0.15) is 0 Å². The van der Waals surface area contributed by atoms with Gasteiger partial charge in [-0.15, -0.1) is 23.1 Å². The van der Waals surface area contributed by atoms with Crippen LogP contribution in [0.4, 0.5) is 10.8 Å². The van der Waals surface area contributed by atoms with Gasteiger partial charge in [-0.05, 0) is 67.6 Å². The molecule has 1 aromatic heterocycles. The lowest BCUT2D eigenvalue weighted by molar-refractivity contribution is -0.115. The molecule has 0 saturated heterocycles. The minimum Gasteiger partial charge on any atom is -0.496 e. The van der Waals surface area contributed by atoms with Crippen molar-refractivity contribution >= 4 is 57.7 Å². The molecule has 11 heteroatoms. The van der Waals surface area contributed by atoms with Crippen molar-refractivity contribution in [2.45, 2.75) is 17.1 Å². The van der Waals surface area contributed by atoms with Crippen LogP contribution in [0.1, 0.15) is 22.8 Å². The van der Waals surface area contributed by atoms with E-state index in [0.29, 0.717) is 33.4 Å². The summed E-state index contributed by atoms with van der Waals surface area (Å²) in [4.78, 5) is 44.8. The number of benzene rings is 4. The predicted molar refractivity (Wildman–Crippen MR) is 188 cm³/mol. The highest BCUT2D eigenvalue weighted by molar-refractivity contribution is 8.00. The summed E-state index contributed by atoms with van der Waals surface area (Å²) in [6.07, 6.45) is 1.57. The highest BCUT2D eigenvalue weighted by atomic mass is 32.2. The summed E-state index contributed by atoms with van der Waals surface area (Å²) in [6.45, 7) is 1.81. The minimum absolute atomic E-state index is 0.0446. The number of hydrogen-bond donors (Lipinski definition) is 3. The van der Waals surface area contributed by atoms with Crippen molar-refractivity contribution in [3.63, 3.8) is 0 Å². The highest BCUT2D eigenvalue weighted by Gasteiger charge is 2.19. The molecular weight excluding hydrogens is 633 g/mol. The quantitative estimate of drug-likeness (QED) is 0.0943. The lowest BCUT2D eigenvalue weighted by Crippen LogP contribution is -2.30. The maximum atomic E-state index is 13.4. The molecule has 0 spiro atoms. The first-order valence-electron chi connectivity index (χ1n) is 14.5. The molecule has 0 aliphatic carbocycles. The van der Waals surface area contributed by atoms with Crippen molar-refractivity contribution < 1.29 is 23.9 Å². The summed E-state index contributed by atoms with van der Waals surface area (Å²) in [5.41, 5.74) is 3.17. The van der Waals surface area contributed by atoms with E-state index >= 15 is 0 Å². The van der Waals surface area contributed by atoms with Crippen LogP contribution in [-0.4, -0.2) is 42.2 Å². The number of anilines is 2. The van der Waals surface area contributed by atoms with Crippen LogP contribution in [0.3, 0.4) is 0 Å². The van der Waals surface area contributed by atoms with Crippen LogP contribution in [-0.2, 0) is 9.59 Å². The second-order valence-electron chi connectivity index (χ2n) is 10.1. The number of methoxy groups -OCH3 is 2. The molecule has 3 N–H and O–H groups in total. The fourth-order valence-electron chi connectivity index (χ4n) is 4.47. The third-order valence-electron chi connectivity index (χ3n) is 6.88. The lowest BCUT2D eigenvalue weighted by Gasteiger charge is -2.13. The molecule has 9 nitrogen and oxygen atoms in total. The molecule has 4 aromatic carbocycles. The van der Waals surface area contributed by atoms with Crippen molar-refractivity contribution in [1.29, 1.82) is 0 Å². The number of nitrogens with one attached hydrogen (secondary N) is 3. The Morgan fingerprint density at radius 3 is 2.19 bits per heavy atom. The highest BCUT2D eigenvalue weighted by Crippen LogP contribution is 2.32. The van der Waals surface area contributed by atoms with E-state index in [-0.39, 0.29) is 11.6 Å². The molecule has 0 aliphatic heterocycles. The van der Waals surface area contributed by atoms with Crippen LogP contribution in [0.2, 0.25) is 0 Å². The maximum Gasteiger partial charge on any atom is 0.272 e. The average Bonchev–Trinajstić information content (AvgIpc) is 3.57. The molecule has 1 unspecified atom stereocenters. The Labute approximate surface area is 281 Å². The van der Waals surface area contributed by atoms with Gasteiger partial charge in [0.2, 0.25) is 5.91 Å². The number of aromatic nitrogens is 1. The third-order valence-corrected chi connectivity index (χ3v) is 8.75. The number of carbonyl (C=O) groups is 3. The van der Waals surface area contributed by atoms with E-state index in [1.165, 1.54) is 30.2 Å². The fraction of sp³-hybridized carbons (Fsp3) is 0.111. The molecular formula is C36H32N4O5S2. The average molecular weight is 665 g/mol. The van der Waals surface area contributed by atoms with E-state index in [1.807, 2.05) is 66.9 Å². The fourth-order valence-corrected chi connectivity index (χ4v) is 6.06. The summed E-state index contributed by atoms with van der Waals surface area (Å²) in [5.74, 6) is 0.144. The smallest absolute Gasteiger partial charge is 0.272 e. The van der Waals surface area contributed by atoms with Crippen molar-refractivity contribution in [3.8, 4) is 22.8 Å². The number of ether oxygens (including phenoxy) is 2. The van der Waals surface area contributed by atoms with Gasteiger partial charge in [-0.1, -0.05) is 48.5 Å². The molecule has 1 heterocycles. The van der Waals surface area contributed by atoms with E-state index in [0.717, 1.165) is 16.2 Å². The van der Waals surface area contributed by atoms with Gasteiger partial charge in [0, 0.05) is 32.7 Å². The molecule has 0 saturated carbocycles. The Kier molecular flexibility index (Phi) is 11.1. The molecule has 0 fully saturated rings. The van der Waals surface area contributed by atoms with E-state index in [4.69, 9.17) is 9.47 Å². The largest absolute Gasteiger partial charge is 0.496 e. The van der Waals surface area contributed by atoms with Crippen LogP contribution < -0.4 is 25.4 Å². The van der Waals surface area contributed by atoms with Crippen LogP contribution in [0.5, 0.6) is 11.5 Å². The van der Waals surface area contributed by atoms with E-state index < -0.39 is 17.1 Å². The molecule has 1 atom stereocenters. The van der Waals surface area contributed by atoms with Crippen molar-refractivity contribution in [1.82, 2.24) is 10.3 Å². The Hall–Kier alpha value is -5.39. The van der Waals surface area contributed by atoms with Gasteiger partial charge < -0.3 is 25.4 Å². The zero-order valence-corrected chi connectivity index (χ0v) is 27.5. The van der Waals surface area contributed by atoms with Crippen LogP contribution in [0.25, 0.3) is 17.3 Å². The van der Waals surface area contributed by atoms with Crippen LogP contribution in [0.15, 0.2) is 119 Å². The van der Waals surface area contributed by atoms with Crippen LogP contribution >= 0.6 is 23.1 Å². The van der Waals surface area contributed by atoms with E-state index in [2.05, 4.69) is 20.9 Å². The Morgan fingerprint density at radius 1 is 0.809 bits per heavy atom. The minimum atomic E-state index is -0.510. The van der Waals surface area contributed by atoms with Gasteiger partial charge in [0.1, 0.15) is 17.2 Å². The van der Waals surface area contributed by atoms with Crippen molar-refractivity contribution in [2.75, 3.05) is 24.9 Å². The Bertz CT molecular complexity index is 1890. The standard InChI is InChI=1S/C36H32N4O5S2/c1-23(33(41)40-36-39-30(22-46-36)28-14-8-10-16-32(28)45-3)47-27-19-17-26(18-20-27)37-35(43)29(21-25-13-7-9-15-31(25)44-2)38-34(42)24-11-5-4-6-12-24/h4-23H,1-3H3,(H,37,43)(H,38,42)(H,39,40,41)/b29-21-. The van der Waals surface area contributed by atoms with Crippen LogP contribution in [0, 0.1) is 0 Å². The summed E-state index contributed by atoms with van der Waals surface area (Å²) in [5, 5.41) is 10.4. The first-order chi connectivity index (χ1) is 22.8. The molecule has 238 valence electrons. The summed E-state index contributed by atoms with van der Waals surface area (Å²) in [6, 6.07) is 30.6. The zero-order chi connectivity index (χ0) is 33.2. The summed E-state index contributed by atoms with van der Waals surface area (Å²) >= 11 is 2.72. The Balaban J connectivity index is 1.23. The number of hydrogen-bond acceptors (Lipinski definition) is 8.